The van der Waals surface area contributed by atoms with Crippen molar-refractivity contribution in [2.45, 2.75) is 18.9 Å². The maximum absolute atomic E-state index is 14.3. The van der Waals surface area contributed by atoms with E-state index in [1.165, 1.54) is 0 Å². The Morgan fingerprint density at radius 1 is 0.868 bits per heavy atom. The molecule has 0 saturated heterocycles. The van der Waals surface area contributed by atoms with Gasteiger partial charge in [-0.3, -0.25) is 9.59 Å². The molecule has 0 aromatic heterocycles. The summed E-state index contributed by atoms with van der Waals surface area (Å²) in [6.07, 6.45) is 0. The zero-order valence-electron chi connectivity index (χ0n) is 20.7. The molecule has 1 N–H and O–H groups in total. The highest BCUT2D eigenvalue weighted by molar-refractivity contribution is 6.12. The summed E-state index contributed by atoms with van der Waals surface area (Å²) < 4.78 is 17.2. The number of anilines is 2. The number of amides is 2. The van der Waals surface area contributed by atoms with Crippen molar-refractivity contribution in [3.63, 3.8) is 0 Å². The first-order valence-electron chi connectivity index (χ1n) is 12.5. The first-order chi connectivity index (χ1) is 18.5. The topological polar surface area (TPSA) is 77.1 Å². The summed E-state index contributed by atoms with van der Waals surface area (Å²) in [5.41, 5.74) is 4.52. The highest BCUT2D eigenvalue weighted by Crippen LogP contribution is 2.55. The molecule has 4 aromatic rings. The number of para-hydroxylation sites is 1. The molecular weight excluding hydrogens is 480 g/mol. The van der Waals surface area contributed by atoms with Crippen molar-refractivity contribution in [3.8, 4) is 17.2 Å². The molecule has 3 aliphatic rings. The van der Waals surface area contributed by atoms with Gasteiger partial charge in [0.25, 0.3) is 5.91 Å². The molecule has 38 heavy (non-hydrogen) atoms. The van der Waals surface area contributed by atoms with Crippen LogP contribution in [0.15, 0.2) is 84.9 Å². The molecule has 0 fully saturated rings. The van der Waals surface area contributed by atoms with Crippen molar-refractivity contribution in [2.24, 2.45) is 0 Å². The van der Waals surface area contributed by atoms with Crippen LogP contribution in [0.1, 0.15) is 32.6 Å². The molecule has 1 spiro atoms. The lowest BCUT2D eigenvalue weighted by Gasteiger charge is -2.24. The van der Waals surface area contributed by atoms with Crippen molar-refractivity contribution < 1.29 is 23.8 Å². The molecule has 1 atom stereocenters. The van der Waals surface area contributed by atoms with E-state index in [2.05, 4.69) is 5.32 Å². The van der Waals surface area contributed by atoms with Crippen LogP contribution in [0.25, 0.3) is 0 Å². The zero-order valence-corrected chi connectivity index (χ0v) is 20.7. The maximum Gasteiger partial charge on any atom is 0.256 e. The average molecular weight is 505 g/mol. The van der Waals surface area contributed by atoms with Crippen LogP contribution in [0, 0.1) is 6.92 Å². The fourth-order valence-corrected chi connectivity index (χ4v) is 5.69. The van der Waals surface area contributed by atoms with Crippen LogP contribution in [0.4, 0.5) is 11.4 Å². The predicted octanol–water partition coefficient (Wildman–Crippen LogP) is 5.20. The van der Waals surface area contributed by atoms with Gasteiger partial charge in [0.05, 0.1) is 6.54 Å². The van der Waals surface area contributed by atoms with Gasteiger partial charge in [0.15, 0.2) is 11.5 Å². The fraction of sp³-hybridized carbons (Fsp3) is 0.161. The lowest BCUT2D eigenvalue weighted by Crippen LogP contribution is -2.42. The molecule has 1 unspecified atom stereocenters. The Labute approximate surface area is 219 Å². The average Bonchev–Trinajstić information content (AvgIpc) is 3.60. The molecule has 7 nitrogen and oxygen atoms in total. The maximum atomic E-state index is 14.3. The van der Waals surface area contributed by atoms with Gasteiger partial charge in [-0.05, 0) is 53.9 Å². The van der Waals surface area contributed by atoms with E-state index in [0.717, 1.165) is 33.6 Å². The fourth-order valence-electron chi connectivity index (χ4n) is 5.69. The van der Waals surface area contributed by atoms with Gasteiger partial charge in [-0.15, -0.1) is 0 Å². The van der Waals surface area contributed by atoms with Crippen molar-refractivity contribution >= 4 is 23.2 Å². The number of rotatable bonds is 4. The van der Waals surface area contributed by atoms with Gasteiger partial charge in [-0.25, -0.2) is 0 Å². The summed E-state index contributed by atoms with van der Waals surface area (Å²) in [6.45, 7) is 2.55. The van der Waals surface area contributed by atoms with Crippen molar-refractivity contribution in [2.75, 3.05) is 23.6 Å². The molecule has 3 aliphatic heterocycles. The molecule has 0 bridgehead atoms. The first kappa shape index (κ1) is 22.4. The number of nitrogens with zero attached hydrogens (tertiary/aromatic N) is 1. The monoisotopic (exact) mass is 504 g/mol. The third-order valence-corrected chi connectivity index (χ3v) is 7.51. The minimum absolute atomic E-state index is 0.0924. The Morgan fingerprint density at radius 3 is 2.53 bits per heavy atom. The highest BCUT2D eigenvalue weighted by Gasteiger charge is 2.57. The lowest BCUT2D eigenvalue weighted by molar-refractivity contribution is -0.122. The van der Waals surface area contributed by atoms with Crippen molar-refractivity contribution in [1.82, 2.24) is 0 Å². The third-order valence-electron chi connectivity index (χ3n) is 7.51. The summed E-state index contributed by atoms with van der Waals surface area (Å²) >= 11 is 0. The van der Waals surface area contributed by atoms with E-state index >= 15 is 0 Å². The zero-order chi connectivity index (χ0) is 25.9. The summed E-state index contributed by atoms with van der Waals surface area (Å²) in [7, 11) is 0. The quantitative estimate of drug-likeness (QED) is 0.413. The minimum Gasteiger partial charge on any atom is -0.491 e. The van der Waals surface area contributed by atoms with Gasteiger partial charge >= 0.3 is 0 Å². The highest BCUT2D eigenvalue weighted by atomic mass is 16.7. The number of hydrogen-bond donors (Lipinski definition) is 1. The molecule has 4 aromatic carbocycles. The smallest absolute Gasteiger partial charge is 0.256 e. The number of benzene rings is 4. The largest absolute Gasteiger partial charge is 0.491 e. The van der Waals surface area contributed by atoms with E-state index in [1.807, 2.05) is 79.7 Å². The normalized spacial score (nSPS) is 18.3. The SMILES string of the molecule is Cc1cccc(NC(=O)c2ccccc2CN2C(=O)C3(COc4cc5c(cc43)OCO5)c3ccccc32)c1. The second kappa shape index (κ2) is 8.38. The van der Waals surface area contributed by atoms with Crippen molar-refractivity contribution in [1.29, 1.82) is 0 Å². The Hall–Kier alpha value is -4.78. The van der Waals surface area contributed by atoms with E-state index in [4.69, 9.17) is 14.2 Å². The van der Waals surface area contributed by atoms with E-state index in [-0.39, 0.29) is 31.8 Å². The molecule has 3 heterocycles. The van der Waals surface area contributed by atoms with Crippen molar-refractivity contribution in [3.05, 3.63) is 113 Å². The van der Waals surface area contributed by atoms with Crippen LogP contribution in [-0.2, 0) is 16.8 Å². The number of hydrogen-bond acceptors (Lipinski definition) is 5. The summed E-state index contributed by atoms with van der Waals surface area (Å²) in [5, 5.41) is 2.99. The van der Waals surface area contributed by atoms with E-state index < -0.39 is 5.41 Å². The van der Waals surface area contributed by atoms with Gasteiger partial charge in [0, 0.05) is 28.6 Å². The summed E-state index contributed by atoms with van der Waals surface area (Å²) in [6, 6.07) is 26.5. The van der Waals surface area contributed by atoms with Crippen LogP contribution in [0.3, 0.4) is 0 Å². The minimum atomic E-state index is -0.994. The Bertz CT molecular complexity index is 1630. The second-order valence-corrected chi connectivity index (χ2v) is 9.78. The molecule has 7 heteroatoms. The number of ether oxygens (including phenoxy) is 3. The Kier molecular flexibility index (Phi) is 4.94. The van der Waals surface area contributed by atoms with E-state index in [9.17, 15) is 9.59 Å². The standard InChI is InChI=1S/C31H24N2O5/c1-19-7-6-9-21(13-19)32-29(34)22-10-3-2-8-20(22)16-33-25-12-5-4-11-23(25)31(30(33)35)17-36-26-15-28-27(14-24(26)31)37-18-38-28/h2-15H,16-18H2,1H3,(H,32,34). The van der Waals surface area contributed by atoms with Gasteiger partial charge < -0.3 is 24.4 Å². The van der Waals surface area contributed by atoms with Crippen LogP contribution in [0.2, 0.25) is 0 Å². The van der Waals surface area contributed by atoms with E-state index in [1.54, 1.807) is 17.0 Å². The van der Waals surface area contributed by atoms with Crippen LogP contribution >= 0.6 is 0 Å². The molecular formula is C31H24N2O5. The Balaban J connectivity index is 1.26. The summed E-state index contributed by atoms with van der Waals surface area (Å²) in [5.74, 6) is 1.53. The Morgan fingerprint density at radius 2 is 1.66 bits per heavy atom. The van der Waals surface area contributed by atoms with Gasteiger partial charge in [-0.1, -0.05) is 48.5 Å². The summed E-state index contributed by atoms with van der Waals surface area (Å²) in [4.78, 5) is 29.4. The van der Waals surface area contributed by atoms with Crippen LogP contribution in [0.5, 0.6) is 17.2 Å². The molecule has 7 rings (SSSR count). The number of carbonyl (C=O) groups excluding carboxylic acids is 2. The molecule has 2 amide bonds. The predicted molar refractivity (Wildman–Crippen MR) is 142 cm³/mol. The molecule has 0 radical (unpaired) electrons. The first-order valence-corrected chi connectivity index (χ1v) is 12.5. The molecule has 188 valence electrons. The number of aryl methyl sites for hydroxylation is 1. The van der Waals surface area contributed by atoms with Crippen LogP contribution in [-0.4, -0.2) is 25.2 Å². The van der Waals surface area contributed by atoms with Gasteiger partial charge in [-0.2, -0.15) is 0 Å². The lowest BCUT2D eigenvalue weighted by atomic mass is 9.77. The molecule has 0 saturated carbocycles. The third kappa shape index (κ3) is 3.28. The van der Waals surface area contributed by atoms with Gasteiger partial charge in [0.1, 0.15) is 17.8 Å². The van der Waals surface area contributed by atoms with E-state index in [0.29, 0.717) is 22.8 Å². The second-order valence-electron chi connectivity index (χ2n) is 9.78. The number of carbonyl (C=O) groups is 2. The molecule has 0 aliphatic carbocycles. The number of nitrogens with one attached hydrogen (secondary N) is 1. The van der Waals surface area contributed by atoms with Gasteiger partial charge in [0.2, 0.25) is 12.7 Å². The number of fused-ring (bicyclic) bond motifs is 5. The van der Waals surface area contributed by atoms with Crippen LogP contribution < -0.4 is 24.4 Å².